The Balaban J connectivity index is 1.83. The molecule has 2 heterocycles. The summed E-state index contributed by atoms with van der Waals surface area (Å²) in [6.07, 6.45) is 5.00. The summed E-state index contributed by atoms with van der Waals surface area (Å²) in [5.41, 5.74) is 0.694. The van der Waals surface area contributed by atoms with E-state index in [9.17, 15) is 14.7 Å². The molecule has 0 atom stereocenters. The van der Waals surface area contributed by atoms with Crippen molar-refractivity contribution in [3.05, 3.63) is 42.0 Å². The molecule has 6 nitrogen and oxygen atoms in total. The number of phenols is 1. The third-order valence-electron chi connectivity index (χ3n) is 4.84. The van der Waals surface area contributed by atoms with Gasteiger partial charge < -0.3 is 19.5 Å². The number of esters is 2. The first-order valence-electron chi connectivity index (χ1n) is 8.74. The molecule has 6 heteroatoms. The summed E-state index contributed by atoms with van der Waals surface area (Å²) in [6.45, 7) is 2.92. The maximum atomic E-state index is 11.9. The maximum Gasteiger partial charge on any atom is 0.336 e. The molecular weight excluding hydrogens is 334 g/mol. The van der Waals surface area contributed by atoms with Crippen molar-refractivity contribution in [1.29, 1.82) is 0 Å². The molecule has 0 amide bonds. The number of aromatic hydroxyl groups is 1. The first-order valence-corrected chi connectivity index (χ1v) is 8.74. The number of fused-ring (bicyclic) bond motifs is 3. The lowest BCUT2D eigenvalue weighted by Gasteiger charge is -2.20. The number of hydrogen-bond acceptors (Lipinski definition) is 6. The van der Waals surface area contributed by atoms with Gasteiger partial charge in [-0.1, -0.05) is 24.3 Å². The van der Waals surface area contributed by atoms with Crippen LogP contribution in [0.4, 0.5) is 0 Å². The summed E-state index contributed by atoms with van der Waals surface area (Å²) in [4.78, 5) is 26.1. The average molecular weight is 353 g/mol. The summed E-state index contributed by atoms with van der Waals surface area (Å²) in [7, 11) is 0. The van der Waals surface area contributed by atoms with Gasteiger partial charge in [-0.15, -0.1) is 0 Å². The van der Waals surface area contributed by atoms with Crippen molar-refractivity contribution in [3.63, 3.8) is 0 Å². The number of rotatable bonds is 3. The van der Waals surface area contributed by atoms with Gasteiger partial charge in [-0.25, -0.2) is 9.59 Å². The Labute approximate surface area is 150 Å². The van der Waals surface area contributed by atoms with Crippen LogP contribution in [0.1, 0.15) is 18.4 Å². The number of benzene rings is 2. The largest absolute Gasteiger partial charge is 0.504 e. The van der Waals surface area contributed by atoms with E-state index in [0.29, 0.717) is 17.4 Å². The average Bonchev–Trinajstić information content (AvgIpc) is 3.15. The van der Waals surface area contributed by atoms with Gasteiger partial charge in [0.05, 0.1) is 0 Å². The molecule has 4 rings (SSSR count). The lowest BCUT2D eigenvalue weighted by molar-refractivity contribution is -0.133. The third-order valence-corrected chi connectivity index (χ3v) is 4.84. The van der Waals surface area contributed by atoms with Crippen LogP contribution in [0.3, 0.4) is 0 Å². The van der Waals surface area contributed by atoms with Gasteiger partial charge in [-0.2, -0.15) is 0 Å². The number of carbonyl (C=O) groups excluding carboxylic acids is 2. The fourth-order valence-electron chi connectivity index (χ4n) is 3.57. The topological polar surface area (TPSA) is 76.1 Å². The van der Waals surface area contributed by atoms with Gasteiger partial charge in [0.15, 0.2) is 11.5 Å². The number of nitrogens with zero attached hydrogens (tertiary/aromatic N) is 1. The smallest absolute Gasteiger partial charge is 0.336 e. The molecule has 2 aliphatic rings. The van der Waals surface area contributed by atoms with Crippen molar-refractivity contribution < 1.29 is 24.2 Å². The first-order chi connectivity index (χ1) is 12.6. The van der Waals surface area contributed by atoms with E-state index < -0.39 is 11.9 Å². The highest BCUT2D eigenvalue weighted by atomic mass is 16.6. The predicted molar refractivity (Wildman–Crippen MR) is 95.4 cm³/mol. The highest BCUT2D eigenvalue weighted by Gasteiger charge is 2.26. The van der Waals surface area contributed by atoms with Crippen LogP contribution in [0, 0.1) is 0 Å². The van der Waals surface area contributed by atoms with E-state index >= 15 is 0 Å². The van der Waals surface area contributed by atoms with Gasteiger partial charge in [0.25, 0.3) is 0 Å². The van der Waals surface area contributed by atoms with Gasteiger partial charge in [-0.05, 0) is 37.7 Å². The summed E-state index contributed by atoms with van der Waals surface area (Å²) < 4.78 is 10.6. The number of carbonyl (C=O) groups is 2. The van der Waals surface area contributed by atoms with Gasteiger partial charge in [0.2, 0.25) is 5.75 Å². The van der Waals surface area contributed by atoms with E-state index in [2.05, 4.69) is 4.90 Å². The number of hydrogen-bond donors (Lipinski definition) is 1. The normalized spacial score (nSPS) is 18.8. The summed E-state index contributed by atoms with van der Waals surface area (Å²) in [5, 5.41) is 12.2. The molecule has 1 saturated heterocycles. The second kappa shape index (κ2) is 6.80. The summed E-state index contributed by atoms with van der Waals surface area (Å²) in [6, 6.07) is 7.34. The standard InChI is InChI=1S/C20H19NO5/c22-16-7-8-17(23)26-20-18(24)14(9-12-21-10-3-4-11-21)13-5-1-2-6-15(13)19(20)25-16/h1-2,5-8,24H,3-4,9-12H2/b8-7+. The van der Waals surface area contributed by atoms with Crippen LogP contribution in [0.15, 0.2) is 36.4 Å². The second-order valence-corrected chi connectivity index (χ2v) is 6.51. The zero-order valence-corrected chi connectivity index (χ0v) is 14.2. The minimum absolute atomic E-state index is 0.0747. The van der Waals surface area contributed by atoms with E-state index in [1.807, 2.05) is 18.2 Å². The quantitative estimate of drug-likeness (QED) is 0.675. The van der Waals surface area contributed by atoms with Crippen molar-refractivity contribution in [2.24, 2.45) is 0 Å². The van der Waals surface area contributed by atoms with Crippen LogP contribution in [-0.2, 0) is 16.0 Å². The minimum atomic E-state index is -0.723. The Morgan fingerprint density at radius 2 is 1.54 bits per heavy atom. The molecule has 26 heavy (non-hydrogen) atoms. The van der Waals surface area contributed by atoms with Crippen molar-refractivity contribution in [3.8, 4) is 17.2 Å². The van der Waals surface area contributed by atoms with Crippen LogP contribution in [-0.4, -0.2) is 41.6 Å². The zero-order valence-electron chi connectivity index (χ0n) is 14.2. The van der Waals surface area contributed by atoms with Gasteiger partial charge >= 0.3 is 11.9 Å². The van der Waals surface area contributed by atoms with Crippen LogP contribution in [0.2, 0.25) is 0 Å². The van der Waals surface area contributed by atoms with E-state index in [4.69, 9.17) is 9.47 Å². The molecule has 0 bridgehead atoms. The molecule has 134 valence electrons. The Morgan fingerprint density at radius 1 is 0.923 bits per heavy atom. The van der Waals surface area contributed by atoms with E-state index in [1.165, 1.54) is 12.8 Å². The lowest BCUT2D eigenvalue weighted by Crippen LogP contribution is -2.22. The van der Waals surface area contributed by atoms with Crippen LogP contribution in [0.5, 0.6) is 17.2 Å². The molecule has 1 N–H and O–H groups in total. The number of phenolic OH excluding ortho intramolecular Hbond substituents is 1. The molecule has 0 unspecified atom stereocenters. The van der Waals surface area contributed by atoms with E-state index in [-0.39, 0.29) is 17.2 Å². The monoisotopic (exact) mass is 353 g/mol. The molecule has 2 aliphatic heterocycles. The van der Waals surface area contributed by atoms with Crippen molar-refractivity contribution in [2.45, 2.75) is 19.3 Å². The van der Waals surface area contributed by atoms with Crippen LogP contribution >= 0.6 is 0 Å². The van der Waals surface area contributed by atoms with Crippen LogP contribution in [0.25, 0.3) is 10.8 Å². The second-order valence-electron chi connectivity index (χ2n) is 6.51. The van der Waals surface area contributed by atoms with Crippen LogP contribution < -0.4 is 9.47 Å². The minimum Gasteiger partial charge on any atom is -0.504 e. The SMILES string of the molecule is O=C1/C=C/C(=O)Oc2c(c(O)c(CCN3CCCC3)c3ccccc23)O1. The maximum absolute atomic E-state index is 11.9. The van der Waals surface area contributed by atoms with E-state index in [1.54, 1.807) is 6.07 Å². The molecule has 0 radical (unpaired) electrons. The van der Waals surface area contributed by atoms with Crippen molar-refractivity contribution >= 4 is 22.7 Å². The predicted octanol–water partition coefficient (Wildman–Crippen LogP) is 2.56. The molecule has 0 saturated carbocycles. The Hall–Kier alpha value is -2.86. The van der Waals surface area contributed by atoms with Gasteiger partial charge in [0, 0.05) is 29.6 Å². The fourth-order valence-corrected chi connectivity index (χ4v) is 3.57. The molecule has 1 fully saturated rings. The summed E-state index contributed by atoms with van der Waals surface area (Å²) in [5.74, 6) is -1.57. The number of ether oxygens (including phenoxy) is 2. The highest BCUT2D eigenvalue weighted by molar-refractivity contribution is 6.02. The zero-order chi connectivity index (χ0) is 18.1. The Kier molecular flexibility index (Phi) is 4.34. The summed E-state index contributed by atoms with van der Waals surface area (Å²) >= 11 is 0. The molecule has 0 aliphatic carbocycles. The van der Waals surface area contributed by atoms with Gasteiger partial charge in [-0.3, -0.25) is 0 Å². The van der Waals surface area contributed by atoms with Crippen molar-refractivity contribution in [1.82, 2.24) is 4.90 Å². The molecular formula is C20H19NO5. The molecule has 0 aromatic heterocycles. The highest BCUT2D eigenvalue weighted by Crippen LogP contribution is 2.47. The first kappa shape index (κ1) is 16.6. The molecule has 2 aromatic carbocycles. The van der Waals surface area contributed by atoms with Crippen molar-refractivity contribution in [2.75, 3.05) is 19.6 Å². The van der Waals surface area contributed by atoms with E-state index in [0.717, 1.165) is 37.2 Å². The Morgan fingerprint density at radius 3 is 2.23 bits per heavy atom. The van der Waals surface area contributed by atoms with Gasteiger partial charge in [0.1, 0.15) is 0 Å². The molecule has 2 aromatic rings. The fraction of sp³-hybridized carbons (Fsp3) is 0.300. The number of likely N-dealkylation sites (tertiary alicyclic amines) is 1. The third kappa shape index (κ3) is 3.04. The lowest BCUT2D eigenvalue weighted by atomic mass is 9.98. The Bertz CT molecular complexity index is 912. The molecule has 0 spiro atoms.